The fourth-order valence-electron chi connectivity index (χ4n) is 0.575. The summed E-state index contributed by atoms with van der Waals surface area (Å²) in [6.07, 6.45) is 7.44. The smallest absolute Gasteiger partial charge is 0.123 e. The van der Waals surface area contributed by atoms with Crippen LogP contribution in [0.25, 0.3) is 0 Å². The van der Waals surface area contributed by atoms with Crippen molar-refractivity contribution in [1.82, 2.24) is 0 Å². The second kappa shape index (κ2) is 3.11. The number of rotatable bonds is 0. The Kier molecular flexibility index (Phi) is 2.15. The van der Waals surface area contributed by atoms with Gasteiger partial charge in [0.1, 0.15) is 11.7 Å². The van der Waals surface area contributed by atoms with Crippen molar-refractivity contribution < 1.29 is 8.78 Å². The highest BCUT2D eigenvalue weighted by molar-refractivity contribution is 5.29. The Morgan fingerprint density at radius 2 is 1.20 bits per heavy atom. The Labute approximate surface area is 57.9 Å². The van der Waals surface area contributed by atoms with Crippen molar-refractivity contribution in [3.63, 3.8) is 0 Å². The third-order valence-electron chi connectivity index (χ3n) is 1.02. The lowest BCUT2D eigenvalue weighted by molar-refractivity contribution is 0.659. The van der Waals surface area contributed by atoms with E-state index in [4.69, 9.17) is 0 Å². The first kappa shape index (κ1) is 6.93. The maximum absolute atomic E-state index is 12.3. The topological polar surface area (TPSA) is 0 Å². The summed E-state index contributed by atoms with van der Waals surface area (Å²) in [5.41, 5.74) is 0. The minimum atomic E-state index is -0.375. The van der Waals surface area contributed by atoms with Crippen LogP contribution in [0.4, 0.5) is 8.78 Å². The van der Waals surface area contributed by atoms with Gasteiger partial charge < -0.3 is 0 Å². The third-order valence-corrected chi connectivity index (χ3v) is 1.02. The molecular weight excluding hydrogens is 134 g/mol. The van der Waals surface area contributed by atoms with Gasteiger partial charge >= 0.3 is 0 Å². The molecule has 0 aromatic rings. The van der Waals surface area contributed by atoms with E-state index in [1.807, 2.05) is 0 Å². The molecule has 0 radical (unpaired) electrons. The Hall–Kier alpha value is -1.18. The highest BCUT2D eigenvalue weighted by Gasteiger charge is 1.88. The number of allylic oxidation sites excluding steroid dienone is 8. The summed E-state index contributed by atoms with van der Waals surface area (Å²) in [5.74, 6) is -0.750. The van der Waals surface area contributed by atoms with E-state index >= 15 is 0 Å². The van der Waals surface area contributed by atoms with E-state index < -0.39 is 0 Å². The summed E-state index contributed by atoms with van der Waals surface area (Å²) >= 11 is 0. The molecule has 0 amide bonds. The van der Waals surface area contributed by atoms with E-state index in [2.05, 4.69) is 0 Å². The fourth-order valence-corrected chi connectivity index (χ4v) is 0.575. The first-order valence-corrected chi connectivity index (χ1v) is 2.87. The summed E-state index contributed by atoms with van der Waals surface area (Å²) in [7, 11) is 0. The van der Waals surface area contributed by atoms with Crippen molar-refractivity contribution >= 4 is 0 Å². The van der Waals surface area contributed by atoms with Crippen LogP contribution in [0.15, 0.2) is 48.1 Å². The van der Waals surface area contributed by atoms with Crippen molar-refractivity contribution in [2.24, 2.45) is 0 Å². The lowest BCUT2D eigenvalue weighted by atomic mass is 10.3. The van der Waals surface area contributed by atoms with Gasteiger partial charge in [-0.15, -0.1) is 0 Å². The zero-order chi connectivity index (χ0) is 7.40. The van der Waals surface area contributed by atoms with Gasteiger partial charge in [0.15, 0.2) is 0 Å². The average Bonchev–Trinajstić information content (AvgIpc) is 1.84. The molecule has 0 atom stereocenters. The average molecular weight is 140 g/mol. The van der Waals surface area contributed by atoms with Gasteiger partial charge in [-0.3, -0.25) is 0 Å². The molecule has 0 bridgehead atoms. The molecule has 0 aromatic heterocycles. The zero-order valence-electron chi connectivity index (χ0n) is 5.22. The minimum Gasteiger partial charge on any atom is -0.207 e. The van der Waals surface area contributed by atoms with Gasteiger partial charge in [-0.05, 0) is 24.3 Å². The summed E-state index contributed by atoms with van der Waals surface area (Å²) in [6.45, 7) is 0. The van der Waals surface area contributed by atoms with Crippen LogP contribution in [0.5, 0.6) is 0 Å². The van der Waals surface area contributed by atoms with Crippen LogP contribution >= 0.6 is 0 Å². The molecule has 1 aliphatic rings. The van der Waals surface area contributed by atoms with Crippen LogP contribution in [-0.2, 0) is 0 Å². The van der Waals surface area contributed by atoms with Crippen LogP contribution in [0.2, 0.25) is 0 Å². The summed E-state index contributed by atoms with van der Waals surface area (Å²) < 4.78 is 24.6. The van der Waals surface area contributed by atoms with Gasteiger partial charge in [0.05, 0.1) is 0 Å². The van der Waals surface area contributed by atoms with Crippen molar-refractivity contribution in [2.45, 2.75) is 0 Å². The number of hydrogen-bond donors (Lipinski definition) is 0. The number of hydrogen-bond acceptors (Lipinski definition) is 0. The number of halogens is 2. The SMILES string of the molecule is FC1=C/C=C\C(F)=C/C=C\1. The van der Waals surface area contributed by atoms with Gasteiger partial charge in [-0.2, -0.15) is 0 Å². The van der Waals surface area contributed by atoms with E-state index in [0.717, 1.165) is 0 Å². The Morgan fingerprint density at radius 1 is 0.800 bits per heavy atom. The van der Waals surface area contributed by atoms with Crippen molar-refractivity contribution in [3.8, 4) is 0 Å². The van der Waals surface area contributed by atoms with Gasteiger partial charge in [-0.1, -0.05) is 12.2 Å². The first-order chi connectivity index (χ1) is 4.79. The van der Waals surface area contributed by atoms with Crippen LogP contribution in [0.3, 0.4) is 0 Å². The molecule has 1 aliphatic carbocycles. The lowest BCUT2D eigenvalue weighted by Gasteiger charge is -1.87. The van der Waals surface area contributed by atoms with E-state index in [9.17, 15) is 8.78 Å². The molecule has 0 saturated carbocycles. The fraction of sp³-hybridized carbons (Fsp3) is 0. The predicted molar refractivity (Wildman–Crippen MR) is 36.7 cm³/mol. The van der Waals surface area contributed by atoms with E-state index in [1.54, 1.807) is 0 Å². The highest BCUT2D eigenvalue weighted by Crippen LogP contribution is 2.06. The maximum Gasteiger partial charge on any atom is 0.123 e. The molecule has 0 aromatic carbocycles. The Morgan fingerprint density at radius 3 is 1.60 bits per heavy atom. The molecule has 0 spiro atoms. The van der Waals surface area contributed by atoms with E-state index in [1.165, 1.54) is 36.5 Å². The molecule has 0 aliphatic heterocycles. The largest absolute Gasteiger partial charge is 0.207 e. The van der Waals surface area contributed by atoms with Gasteiger partial charge in [0.2, 0.25) is 0 Å². The van der Waals surface area contributed by atoms with Gasteiger partial charge in [0, 0.05) is 0 Å². The zero-order valence-corrected chi connectivity index (χ0v) is 5.22. The van der Waals surface area contributed by atoms with Crippen LogP contribution in [0, 0.1) is 0 Å². The molecule has 0 unspecified atom stereocenters. The quantitative estimate of drug-likeness (QED) is 0.485. The van der Waals surface area contributed by atoms with Crippen LogP contribution in [-0.4, -0.2) is 0 Å². The van der Waals surface area contributed by atoms with E-state index in [0.29, 0.717) is 0 Å². The normalized spacial score (nSPS) is 34.2. The molecule has 0 N–H and O–H groups in total. The van der Waals surface area contributed by atoms with E-state index in [-0.39, 0.29) is 11.7 Å². The summed E-state index contributed by atoms with van der Waals surface area (Å²) in [6, 6.07) is 0. The Bertz CT molecular complexity index is 206. The molecule has 0 nitrogen and oxygen atoms in total. The molecular formula is C8H6F2. The Balaban J connectivity index is 2.84. The highest BCUT2D eigenvalue weighted by atomic mass is 19.1. The van der Waals surface area contributed by atoms with Gasteiger partial charge in [0.25, 0.3) is 0 Å². The minimum absolute atomic E-state index is 0.375. The molecule has 1 rings (SSSR count). The van der Waals surface area contributed by atoms with Gasteiger partial charge in [-0.25, -0.2) is 8.78 Å². The second-order valence-electron chi connectivity index (χ2n) is 1.82. The molecule has 52 valence electrons. The monoisotopic (exact) mass is 140 g/mol. The third kappa shape index (κ3) is 1.97. The first-order valence-electron chi connectivity index (χ1n) is 2.87. The molecule has 0 fully saturated rings. The predicted octanol–water partition coefficient (Wildman–Crippen LogP) is 2.82. The summed E-state index contributed by atoms with van der Waals surface area (Å²) in [4.78, 5) is 0. The molecule has 10 heavy (non-hydrogen) atoms. The van der Waals surface area contributed by atoms with Crippen molar-refractivity contribution in [1.29, 1.82) is 0 Å². The lowest BCUT2D eigenvalue weighted by Crippen LogP contribution is -1.69. The second-order valence-corrected chi connectivity index (χ2v) is 1.82. The molecule has 0 heterocycles. The van der Waals surface area contributed by atoms with Crippen molar-refractivity contribution in [3.05, 3.63) is 48.1 Å². The maximum atomic E-state index is 12.3. The standard InChI is InChI=1S/C8H6F2/c9-7-3-1-4-8(10)6-2-5-7/h1-6H/b3-1-,4-1?,5-2?,6-2-,7-3?,7-5+,8-4+,8-6?. The van der Waals surface area contributed by atoms with Crippen molar-refractivity contribution in [2.75, 3.05) is 0 Å². The van der Waals surface area contributed by atoms with Crippen LogP contribution in [0.1, 0.15) is 0 Å². The molecule has 0 saturated heterocycles. The van der Waals surface area contributed by atoms with Crippen LogP contribution < -0.4 is 0 Å². The molecule has 2 heteroatoms. The summed E-state index contributed by atoms with van der Waals surface area (Å²) in [5, 5.41) is 0.